The molecule has 0 aliphatic heterocycles. The van der Waals surface area contributed by atoms with Crippen molar-refractivity contribution in [1.82, 2.24) is 5.32 Å². The molecule has 0 spiro atoms. The van der Waals surface area contributed by atoms with E-state index < -0.39 is 11.5 Å². The SMILES string of the molecule is CCNC(C)(CSC)C(=O)O. The molecule has 0 aliphatic rings. The van der Waals surface area contributed by atoms with Crippen LogP contribution in [0.5, 0.6) is 0 Å². The first-order valence-electron chi connectivity index (χ1n) is 3.54. The van der Waals surface area contributed by atoms with Crippen LogP contribution in [0.3, 0.4) is 0 Å². The van der Waals surface area contributed by atoms with Crippen molar-refractivity contribution in [2.75, 3.05) is 18.6 Å². The summed E-state index contributed by atoms with van der Waals surface area (Å²) < 4.78 is 0. The van der Waals surface area contributed by atoms with Gasteiger partial charge in [0.2, 0.25) is 0 Å². The summed E-state index contributed by atoms with van der Waals surface area (Å²) in [5, 5.41) is 11.8. The summed E-state index contributed by atoms with van der Waals surface area (Å²) in [5.41, 5.74) is -0.770. The van der Waals surface area contributed by atoms with Gasteiger partial charge >= 0.3 is 5.97 Å². The second kappa shape index (κ2) is 4.62. The fraction of sp³-hybridized carbons (Fsp3) is 0.857. The van der Waals surface area contributed by atoms with Gasteiger partial charge in [-0.3, -0.25) is 4.79 Å². The molecule has 1 unspecified atom stereocenters. The Morgan fingerprint density at radius 1 is 1.73 bits per heavy atom. The van der Waals surface area contributed by atoms with Crippen LogP contribution in [-0.2, 0) is 4.79 Å². The highest BCUT2D eigenvalue weighted by molar-refractivity contribution is 7.98. The van der Waals surface area contributed by atoms with Crippen LogP contribution < -0.4 is 5.32 Å². The maximum atomic E-state index is 10.7. The molecule has 0 saturated heterocycles. The van der Waals surface area contributed by atoms with Crippen LogP contribution in [0, 0.1) is 0 Å². The van der Waals surface area contributed by atoms with Crippen molar-refractivity contribution < 1.29 is 9.90 Å². The summed E-state index contributed by atoms with van der Waals surface area (Å²) in [6.07, 6.45) is 1.90. The van der Waals surface area contributed by atoms with Gasteiger partial charge in [0.25, 0.3) is 0 Å². The van der Waals surface area contributed by atoms with E-state index in [0.29, 0.717) is 12.3 Å². The maximum absolute atomic E-state index is 10.7. The quantitative estimate of drug-likeness (QED) is 0.652. The topological polar surface area (TPSA) is 49.3 Å². The minimum absolute atomic E-state index is 0.593. The molecule has 0 rings (SSSR count). The van der Waals surface area contributed by atoms with E-state index >= 15 is 0 Å². The predicted octanol–water partition coefficient (Wildman–Crippen LogP) is 0.802. The fourth-order valence-electron chi connectivity index (χ4n) is 0.867. The van der Waals surface area contributed by atoms with E-state index in [1.165, 1.54) is 11.8 Å². The Labute approximate surface area is 71.6 Å². The van der Waals surface area contributed by atoms with Gasteiger partial charge in [-0.15, -0.1) is 0 Å². The van der Waals surface area contributed by atoms with E-state index in [-0.39, 0.29) is 0 Å². The van der Waals surface area contributed by atoms with Crippen LogP contribution >= 0.6 is 11.8 Å². The Morgan fingerprint density at radius 2 is 2.27 bits per heavy atom. The summed E-state index contributed by atoms with van der Waals surface area (Å²) in [4.78, 5) is 10.7. The molecular weight excluding hydrogens is 162 g/mol. The van der Waals surface area contributed by atoms with Crippen LogP contribution in [0.15, 0.2) is 0 Å². The Balaban J connectivity index is 4.13. The average Bonchev–Trinajstić information content (AvgIpc) is 1.88. The van der Waals surface area contributed by atoms with Gasteiger partial charge in [-0.05, 0) is 19.7 Å². The lowest BCUT2D eigenvalue weighted by Crippen LogP contribution is -2.51. The van der Waals surface area contributed by atoms with Crippen molar-refractivity contribution in [2.24, 2.45) is 0 Å². The van der Waals surface area contributed by atoms with E-state index in [2.05, 4.69) is 5.32 Å². The van der Waals surface area contributed by atoms with Crippen molar-refractivity contribution in [3.8, 4) is 0 Å². The first kappa shape index (κ1) is 10.8. The summed E-state index contributed by atoms with van der Waals surface area (Å²) in [6, 6.07) is 0. The van der Waals surface area contributed by atoms with Gasteiger partial charge in [0.05, 0.1) is 0 Å². The number of carboxylic acid groups (broad SMARTS) is 1. The summed E-state index contributed by atoms with van der Waals surface area (Å²) in [7, 11) is 0. The van der Waals surface area contributed by atoms with Crippen molar-refractivity contribution in [3.63, 3.8) is 0 Å². The van der Waals surface area contributed by atoms with E-state index in [9.17, 15) is 4.79 Å². The van der Waals surface area contributed by atoms with E-state index in [1.807, 2.05) is 13.2 Å². The average molecular weight is 177 g/mol. The van der Waals surface area contributed by atoms with Crippen LogP contribution in [0.4, 0.5) is 0 Å². The lowest BCUT2D eigenvalue weighted by molar-refractivity contribution is -0.143. The zero-order valence-corrected chi connectivity index (χ0v) is 7.99. The monoisotopic (exact) mass is 177 g/mol. The predicted molar refractivity (Wildman–Crippen MR) is 48.1 cm³/mol. The number of carboxylic acids is 1. The molecule has 0 fully saturated rings. The molecule has 4 heteroatoms. The minimum atomic E-state index is -0.784. The molecule has 66 valence electrons. The van der Waals surface area contributed by atoms with Gasteiger partial charge in [-0.1, -0.05) is 6.92 Å². The minimum Gasteiger partial charge on any atom is -0.480 e. The highest BCUT2D eigenvalue weighted by Crippen LogP contribution is 2.10. The lowest BCUT2D eigenvalue weighted by Gasteiger charge is -2.24. The van der Waals surface area contributed by atoms with Gasteiger partial charge in [0.15, 0.2) is 0 Å². The largest absolute Gasteiger partial charge is 0.480 e. The molecule has 0 aliphatic carbocycles. The number of hydrogen-bond acceptors (Lipinski definition) is 3. The zero-order valence-electron chi connectivity index (χ0n) is 7.18. The zero-order chi connectivity index (χ0) is 8.91. The van der Waals surface area contributed by atoms with Crippen molar-refractivity contribution >= 4 is 17.7 Å². The molecule has 0 amide bonds. The smallest absolute Gasteiger partial charge is 0.324 e. The second-order valence-electron chi connectivity index (χ2n) is 2.60. The molecule has 0 aromatic carbocycles. The third-order valence-electron chi connectivity index (χ3n) is 1.47. The third kappa shape index (κ3) is 3.12. The number of hydrogen-bond donors (Lipinski definition) is 2. The highest BCUT2D eigenvalue weighted by Gasteiger charge is 2.30. The van der Waals surface area contributed by atoms with Crippen molar-refractivity contribution in [3.05, 3.63) is 0 Å². The van der Waals surface area contributed by atoms with Crippen molar-refractivity contribution in [2.45, 2.75) is 19.4 Å². The first-order chi connectivity index (χ1) is 5.06. The Hall–Kier alpha value is -0.220. The number of carbonyl (C=O) groups is 1. The number of nitrogens with one attached hydrogen (secondary N) is 1. The summed E-state index contributed by atoms with van der Waals surface area (Å²) in [5.74, 6) is -0.190. The van der Waals surface area contributed by atoms with E-state index in [4.69, 9.17) is 5.11 Å². The summed E-state index contributed by atoms with van der Waals surface area (Å²) in [6.45, 7) is 4.29. The standard InChI is InChI=1S/C7H15NO2S/c1-4-8-7(2,5-11-3)6(9)10/h8H,4-5H2,1-3H3,(H,9,10). The molecule has 0 heterocycles. The molecule has 0 saturated carbocycles. The van der Waals surface area contributed by atoms with Crippen LogP contribution in [0.25, 0.3) is 0 Å². The Morgan fingerprint density at radius 3 is 2.55 bits per heavy atom. The van der Waals surface area contributed by atoms with Gasteiger partial charge in [-0.2, -0.15) is 11.8 Å². The fourth-order valence-corrected chi connectivity index (χ4v) is 1.67. The number of rotatable bonds is 5. The van der Waals surface area contributed by atoms with Gasteiger partial charge in [0, 0.05) is 5.75 Å². The molecule has 0 aromatic rings. The third-order valence-corrected chi connectivity index (χ3v) is 2.34. The van der Waals surface area contributed by atoms with Gasteiger partial charge in [0.1, 0.15) is 5.54 Å². The molecule has 2 N–H and O–H groups in total. The number of aliphatic carboxylic acids is 1. The molecule has 3 nitrogen and oxygen atoms in total. The molecule has 0 bridgehead atoms. The first-order valence-corrected chi connectivity index (χ1v) is 4.93. The van der Waals surface area contributed by atoms with Crippen molar-refractivity contribution in [1.29, 1.82) is 0 Å². The van der Waals surface area contributed by atoms with Crippen LogP contribution in [-0.4, -0.2) is 35.2 Å². The Bertz CT molecular complexity index is 132. The number of thioether (sulfide) groups is 1. The lowest BCUT2D eigenvalue weighted by atomic mass is 10.1. The highest BCUT2D eigenvalue weighted by atomic mass is 32.2. The van der Waals surface area contributed by atoms with Crippen LogP contribution in [0.1, 0.15) is 13.8 Å². The van der Waals surface area contributed by atoms with E-state index in [1.54, 1.807) is 6.92 Å². The molecule has 11 heavy (non-hydrogen) atoms. The molecular formula is C7H15NO2S. The number of likely N-dealkylation sites (N-methyl/N-ethyl adjacent to an activating group) is 1. The molecule has 1 atom stereocenters. The van der Waals surface area contributed by atoms with Crippen LogP contribution in [0.2, 0.25) is 0 Å². The molecule has 0 radical (unpaired) electrons. The second-order valence-corrected chi connectivity index (χ2v) is 3.47. The molecule has 0 aromatic heterocycles. The Kier molecular flexibility index (Phi) is 4.52. The summed E-state index contributed by atoms with van der Waals surface area (Å²) >= 11 is 1.53. The maximum Gasteiger partial charge on any atom is 0.324 e. The van der Waals surface area contributed by atoms with E-state index in [0.717, 1.165) is 0 Å². The normalized spacial score (nSPS) is 15.9. The van der Waals surface area contributed by atoms with Gasteiger partial charge in [-0.25, -0.2) is 0 Å². The van der Waals surface area contributed by atoms with Gasteiger partial charge < -0.3 is 10.4 Å².